The monoisotopic (exact) mass is 551 g/mol. The van der Waals surface area contributed by atoms with E-state index in [0.29, 0.717) is 11.0 Å². The van der Waals surface area contributed by atoms with Gasteiger partial charge in [-0.2, -0.15) is 5.09 Å². The van der Waals surface area contributed by atoms with Crippen molar-refractivity contribution in [3.8, 4) is 5.75 Å². The molecule has 1 fully saturated rings. The lowest BCUT2D eigenvalue weighted by molar-refractivity contribution is -0.149. The van der Waals surface area contributed by atoms with Gasteiger partial charge < -0.3 is 28.8 Å². The molecule has 1 aromatic carbocycles. The topological polar surface area (TPSA) is 187 Å². The quantitative estimate of drug-likeness (QED) is 0.132. The number of aliphatic hydroxyl groups excluding tert-OH is 2. The average Bonchev–Trinajstić information content (AvgIpc) is 3.43. The molecule has 0 aliphatic carbocycles. The fraction of sp³-hybridized carbons (Fsp3) is 0.435. The molecule has 1 saturated heterocycles. The molecule has 0 radical (unpaired) electrons. The summed E-state index contributed by atoms with van der Waals surface area (Å²) >= 11 is 0. The van der Waals surface area contributed by atoms with Gasteiger partial charge in [-0.3, -0.25) is 20.0 Å². The fourth-order valence-electron chi connectivity index (χ4n) is 3.87. The summed E-state index contributed by atoms with van der Waals surface area (Å²) < 4.78 is 37.3. The Labute approximate surface area is 218 Å². The highest BCUT2D eigenvalue weighted by atomic mass is 31.2. The molecule has 6 atom stereocenters. The minimum Gasteiger partial charge on any atom is -0.462 e. The molecule has 3 heterocycles. The second-order valence-corrected chi connectivity index (χ2v) is 10.6. The van der Waals surface area contributed by atoms with Gasteiger partial charge in [-0.15, -0.1) is 0 Å². The SMILES string of the molecule is CC(C)OC(=O)[C@@H](C)N[P@](=O)(OC[C@H]1O[C@@H](n2ccc3c(NO)ncnc32)[C@H](O)[C@@H]1O)Oc1ccccc1. The van der Waals surface area contributed by atoms with Crippen LogP contribution in [-0.4, -0.2) is 73.0 Å². The van der Waals surface area contributed by atoms with Gasteiger partial charge in [-0.25, -0.2) is 14.5 Å². The van der Waals surface area contributed by atoms with Crippen molar-refractivity contribution >= 4 is 30.6 Å². The molecule has 4 rings (SSSR count). The van der Waals surface area contributed by atoms with Crippen LogP contribution in [0.1, 0.15) is 27.0 Å². The predicted octanol–water partition coefficient (Wildman–Crippen LogP) is 1.98. The summed E-state index contributed by atoms with van der Waals surface area (Å²) in [6.45, 7) is 4.35. The molecule has 15 heteroatoms. The predicted molar refractivity (Wildman–Crippen MR) is 133 cm³/mol. The Hall–Kier alpha value is -3.10. The van der Waals surface area contributed by atoms with Gasteiger partial charge >= 0.3 is 13.7 Å². The van der Waals surface area contributed by atoms with Crippen molar-refractivity contribution in [1.82, 2.24) is 19.6 Å². The van der Waals surface area contributed by atoms with Crippen molar-refractivity contribution in [2.45, 2.75) is 57.5 Å². The van der Waals surface area contributed by atoms with E-state index < -0.39 is 50.9 Å². The molecule has 0 amide bonds. The number of aromatic nitrogens is 3. The van der Waals surface area contributed by atoms with Gasteiger partial charge in [0.2, 0.25) is 0 Å². The number of nitrogens with zero attached hydrogens (tertiary/aromatic N) is 3. The highest BCUT2D eigenvalue weighted by molar-refractivity contribution is 7.52. The normalized spacial score (nSPS) is 23.8. The molecule has 5 N–H and O–H groups in total. The van der Waals surface area contributed by atoms with Crippen molar-refractivity contribution in [1.29, 1.82) is 0 Å². The zero-order valence-corrected chi connectivity index (χ0v) is 21.8. The molecule has 206 valence electrons. The third-order valence-corrected chi connectivity index (χ3v) is 7.30. The number of hydrogen-bond acceptors (Lipinski definition) is 12. The standard InChI is InChI=1S/C23H30N5O9P/c1-13(2)35-23(31)14(3)27-38(33,37-15-7-5-4-6-8-15)34-11-17-18(29)19(30)22(36-17)28-10-9-16-20(26-32)24-12-25-21(16)28/h4-10,12-14,17-19,22,29-30,32H,11H2,1-3H3,(H,27,33)(H,24,25,26)/t14-,17-,18-,19-,22-,38+/m1/s1. The molecule has 14 nitrogen and oxygen atoms in total. The van der Waals surface area contributed by atoms with E-state index in [0.717, 1.165) is 0 Å². The molecule has 3 aromatic rings. The summed E-state index contributed by atoms with van der Waals surface area (Å²) in [4.78, 5) is 20.4. The van der Waals surface area contributed by atoms with Crippen LogP contribution < -0.4 is 15.1 Å². The van der Waals surface area contributed by atoms with Crippen LogP contribution in [0.2, 0.25) is 0 Å². The van der Waals surface area contributed by atoms with Crippen molar-refractivity contribution in [2.24, 2.45) is 0 Å². The number of anilines is 1. The van der Waals surface area contributed by atoms with Gasteiger partial charge in [0.25, 0.3) is 0 Å². The summed E-state index contributed by atoms with van der Waals surface area (Å²) in [6.07, 6.45) is -2.66. The number of nitrogens with one attached hydrogen (secondary N) is 2. The Balaban J connectivity index is 1.50. The first kappa shape index (κ1) is 27.9. The van der Waals surface area contributed by atoms with Crippen molar-refractivity contribution in [3.63, 3.8) is 0 Å². The lowest BCUT2D eigenvalue weighted by atomic mass is 10.1. The third-order valence-electron chi connectivity index (χ3n) is 5.66. The summed E-state index contributed by atoms with van der Waals surface area (Å²) in [6, 6.07) is 8.75. The smallest absolute Gasteiger partial charge is 0.459 e. The second-order valence-electron chi connectivity index (χ2n) is 8.87. The van der Waals surface area contributed by atoms with E-state index in [1.807, 2.05) is 5.48 Å². The first-order valence-corrected chi connectivity index (χ1v) is 13.4. The van der Waals surface area contributed by atoms with Crippen LogP contribution in [0.15, 0.2) is 48.9 Å². The van der Waals surface area contributed by atoms with E-state index in [2.05, 4.69) is 15.1 Å². The number of ether oxygens (including phenoxy) is 2. The van der Waals surface area contributed by atoms with Crippen molar-refractivity contribution in [2.75, 3.05) is 12.1 Å². The Morgan fingerprint density at radius 2 is 1.89 bits per heavy atom. The number of carbonyl (C=O) groups excluding carboxylic acids is 1. The van der Waals surface area contributed by atoms with Crippen LogP contribution in [0.5, 0.6) is 5.75 Å². The molecule has 0 saturated carbocycles. The number of esters is 1. The summed E-state index contributed by atoms with van der Waals surface area (Å²) in [7, 11) is -4.21. The van der Waals surface area contributed by atoms with E-state index >= 15 is 0 Å². The summed E-state index contributed by atoms with van der Waals surface area (Å²) in [5.74, 6) is -0.298. The first-order chi connectivity index (χ1) is 18.1. The number of aliphatic hydroxyl groups is 2. The van der Waals surface area contributed by atoms with Crippen LogP contribution in [0.3, 0.4) is 0 Å². The lowest BCUT2D eigenvalue weighted by Crippen LogP contribution is -2.38. The minimum atomic E-state index is -4.21. The highest BCUT2D eigenvalue weighted by Gasteiger charge is 2.46. The molecule has 0 unspecified atom stereocenters. The Kier molecular flexibility index (Phi) is 8.63. The molecule has 2 aromatic heterocycles. The first-order valence-electron chi connectivity index (χ1n) is 11.8. The lowest BCUT2D eigenvalue weighted by Gasteiger charge is -2.25. The maximum Gasteiger partial charge on any atom is 0.459 e. The van der Waals surface area contributed by atoms with Gasteiger partial charge in [-0.05, 0) is 39.0 Å². The number of hydrogen-bond donors (Lipinski definition) is 5. The zero-order chi connectivity index (χ0) is 27.4. The number of rotatable bonds is 11. The number of carbonyl (C=O) groups is 1. The van der Waals surface area contributed by atoms with Crippen LogP contribution in [-0.2, 0) is 23.4 Å². The molecule has 0 bridgehead atoms. The largest absolute Gasteiger partial charge is 0.462 e. The van der Waals surface area contributed by atoms with E-state index in [4.69, 9.17) is 18.5 Å². The minimum absolute atomic E-state index is 0.150. The van der Waals surface area contributed by atoms with Crippen LogP contribution in [0.4, 0.5) is 5.82 Å². The Morgan fingerprint density at radius 3 is 2.58 bits per heavy atom. The fourth-order valence-corrected chi connectivity index (χ4v) is 5.37. The van der Waals surface area contributed by atoms with Crippen LogP contribution in [0, 0.1) is 0 Å². The maximum atomic E-state index is 13.7. The van der Waals surface area contributed by atoms with E-state index in [9.17, 15) is 24.8 Å². The third kappa shape index (κ3) is 6.13. The summed E-state index contributed by atoms with van der Waals surface area (Å²) in [5.41, 5.74) is 2.30. The average molecular weight is 551 g/mol. The van der Waals surface area contributed by atoms with Crippen LogP contribution in [0.25, 0.3) is 11.0 Å². The summed E-state index contributed by atoms with van der Waals surface area (Å²) in [5, 5.41) is 33.7. The number of para-hydroxylation sites is 1. The molecular formula is C23H30N5O9P. The van der Waals surface area contributed by atoms with Gasteiger partial charge in [0.1, 0.15) is 42.1 Å². The Bertz CT molecular complexity index is 1290. The van der Waals surface area contributed by atoms with Crippen molar-refractivity contribution in [3.05, 3.63) is 48.9 Å². The second kappa shape index (κ2) is 11.7. The van der Waals surface area contributed by atoms with Gasteiger partial charge in [0.05, 0.1) is 18.1 Å². The van der Waals surface area contributed by atoms with E-state index in [1.165, 1.54) is 17.8 Å². The van der Waals surface area contributed by atoms with Gasteiger partial charge in [0, 0.05) is 6.20 Å². The molecule has 1 aliphatic heterocycles. The van der Waals surface area contributed by atoms with E-state index in [-0.39, 0.29) is 17.7 Å². The maximum absolute atomic E-state index is 13.7. The van der Waals surface area contributed by atoms with Gasteiger partial charge in [-0.1, -0.05) is 18.2 Å². The zero-order valence-electron chi connectivity index (χ0n) is 20.9. The molecule has 1 aliphatic rings. The number of benzene rings is 1. The molecule has 38 heavy (non-hydrogen) atoms. The van der Waals surface area contributed by atoms with Gasteiger partial charge in [0.15, 0.2) is 12.0 Å². The molecule has 0 spiro atoms. The van der Waals surface area contributed by atoms with Crippen LogP contribution >= 0.6 is 7.75 Å². The highest BCUT2D eigenvalue weighted by Crippen LogP contribution is 2.46. The Morgan fingerprint density at radius 1 is 1.16 bits per heavy atom. The van der Waals surface area contributed by atoms with E-state index in [1.54, 1.807) is 56.4 Å². The number of fused-ring (bicyclic) bond motifs is 1. The molecular weight excluding hydrogens is 521 g/mol. The van der Waals surface area contributed by atoms with Crippen molar-refractivity contribution < 1.29 is 43.3 Å².